The molecule has 3 N–H and O–H groups in total. The van der Waals surface area contributed by atoms with Crippen LogP contribution >= 0.6 is 0 Å². The first-order chi connectivity index (χ1) is 13.7. The average Bonchev–Trinajstić information content (AvgIpc) is 3.16. The highest BCUT2D eigenvalue weighted by atomic mass is 16.5. The lowest BCUT2D eigenvalue weighted by Crippen LogP contribution is -2.20. The molecule has 1 atom stereocenters. The Morgan fingerprint density at radius 2 is 1.86 bits per heavy atom. The summed E-state index contributed by atoms with van der Waals surface area (Å²) in [6.07, 6.45) is 0. The van der Waals surface area contributed by atoms with E-state index in [1.807, 2.05) is 48.5 Å². The summed E-state index contributed by atoms with van der Waals surface area (Å²) in [5.41, 5.74) is 9.61. The molecule has 1 aromatic heterocycles. The highest BCUT2D eigenvalue weighted by molar-refractivity contribution is 5.71. The first-order valence-electron chi connectivity index (χ1n) is 8.60. The van der Waals surface area contributed by atoms with Crippen LogP contribution in [0.4, 0.5) is 0 Å². The number of rotatable bonds is 4. The number of methoxy groups -OCH3 is 2. The average molecular weight is 374 g/mol. The molecule has 1 unspecified atom stereocenters. The molecule has 0 bridgehead atoms. The van der Waals surface area contributed by atoms with Crippen LogP contribution in [0.3, 0.4) is 0 Å². The van der Waals surface area contributed by atoms with Crippen LogP contribution in [0.25, 0.3) is 11.3 Å². The summed E-state index contributed by atoms with van der Waals surface area (Å²) >= 11 is 0. The van der Waals surface area contributed by atoms with Gasteiger partial charge in [-0.2, -0.15) is 5.26 Å². The van der Waals surface area contributed by atoms with Gasteiger partial charge in [-0.15, -0.1) is 5.10 Å². The molecular formula is C21H18N4O3. The van der Waals surface area contributed by atoms with Gasteiger partial charge in [-0.1, -0.05) is 24.3 Å². The molecule has 0 spiro atoms. The van der Waals surface area contributed by atoms with E-state index in [0.29, 0.717) is 17.2 Å². The largest absolute Gasteiger partial charge is 0.497 e. The van der Waals surface area contributed by atoms with Crippen molar-refractivity contribution in [2.75, 3.05) is 14.2 Å². The molecule has 7 heteroatoms. The smallest absolute Gasteiger partial charge is 0.244 e. The summed E-state index contributed by atoms with van der Waals surface area (Å²) in [7, 11) is 3.22. The Bertz CT molecular complexity index is 1090. The predicted molar refractivity (Wildman–Crippen MR) is 103 cm³/mol. The van der Waals surface area contributed by atoms with Crippen LogP contribution in [-0.4, -0.2) is 24.4 Å². The fourth-order valence-electron chi connectivity index (χ4n) is 3.37. The number of nitrogens with zero attached hydrogens (tertiary/aromatic N) is 2. The normalized spacial score (nSPS) is 15.4. The Hall–Kier alpha value is -3.92. The maximum atomic E-state index is 9.76. The molecule has 0 radical (unpaired) electrons. The van der Waals surface area contributed by atoms with Crippen molar-refractivity contribution < 1.29 is 14.2 Å². The van der Waals surface area contributed by atoms with Gasteiger partial charge in [-0.25, -0.2) is 0 Å². The van der Waals surface area contributed by atoms with Crippen molar-refractivity contribution in [1.29, 1.82) is 5.26 Å². The number of ether oxygens (including phenoxy) is 3. The molecule has 140 valence electrons. The molecule has 3 aromatic rings. The quantitative estimate of drug-likeness (QED) is 0.726. The van der Waals surface area contributed by atoms with Gasteiger partial charge in [-0.3, -0.25) is 5.10 Å². The van der Waals surface area contributed by atoms with E-state index < -0.39 is 5.92 Å². The Morgan fingerprint density at radius 1 is 1.11 bits per heavy atom. The summed E-state index contributed by atoms with van der Waals surface area (Å²) in [5, 5.41) is 17.1. The van der Waals surface area contributed by atoms with Crippen molar-refractivity contribution in [1.82, 2.24) is 10.2 Å². The van der Waals surface area contributed by atoms with E-state index in [9.17, 15) is 5.26 Å². The molecule has 7 nitrogen and oxygen atoms in total. The van der Waals surface area contributed by atoms with Crippen LogP contribution in [0.2, 0.25) is 0 Å². The van der Waals surface area contributed by atoms with Crippen LogP contribution in [-0.2, 0) is 0 Å². The second-order valence-electron chi connectivity index (χ2n) is 6.25. The summed E-state index contributed by atoms with van der Waals surface area (Å²) in [4.78, 5) is 0. The van der Waals surface area contributed by atoms with Crippen LogP contribution in [0.1, 0.15) is 17.0 Å². The number of aromatic amines is 1. The molecule has 0 fully saturated rings. The van der Waals surface area contributed by atoms with E-state index in [2.05, 4.69) is 16.3 Å². The highest BCUT2D eigenvalue weighted by Gasteiger charge is 2.35. The first-order valence-corrected chi connectivity index (χ1v) is 8.60. The molecule has 1 aliphatic heterocycles. The van der Waals surface area contributed by atoms with Crippen LogP contribution in [0.5, 0.6) is 17.4 Å². The van der Waals surface area contributed by atoms with Gasteiger partial charge >= 0.3 is 0 Å². The Labute approximate surface area is 162 Å². The van der Waals surface area contributed by atoms with Gasteiger partial charge in [0, 0.05) is 5.56 Å². The van der Waals surface area contributed by atoms with Crippen LogP contribution < -0.4 is 19.9 Å². The third kappa shape index (κ3) is 2.81. The number of nitrogens with two attached hydrogens (primary N) is 1. The summed E-state index contributed by atoms with van der Waals surface area (Å²) in [6.45, 7) is 0. The number of benzene rings is 2. The van der Waals surface area contributed by atoms with E-state index in [0.717, 1.165) is 28.1 Å². The van der Waals surface area contributed by atoms with E-state index in [-0.39, 0.29) is 5.88 Å². The van der Waals surface area contributed by atoms with Crippen molar-refractivity contribution >= 4 is 0 Å². The lowest BCUT2D eigenvalue weighted by Gasteiger charge is -2.24. The summed E-state index contributed by atoms with van der Waals surface area (Å²) < 4.78 is 16.2. The van der Waals surface area contributed by atoms with Gasteiger partial charge in [0.15, 0.2) is 0 Å². The number of hydrogen-bond acceptors (Lipinski definition) is 6. The van der Waals surface area contributed by atoms with Crippen molar-refractivity contribution in [2.24, 2.45) is 5.73 Å². The molecule has 2 heterocycles. The van der Waals surface area contributed by atoms with E-state index >= 15 is 0 Å². The summed E-state index contributed by atoms with van der Waals surface area (Å²) in [6, 6.07) is 17.3. The van der Waals surface area contributed by atoms with Crippen molar-refractivity contribution in [3.63, 3.8) is 0 Å². The van der Waals surface area contributed by atoms with Crippen LogP contribution in [0.15, 0.2) is 60.0 Å². The first kappa shape index (κ1) is 17.5. The molecule has 0 amide bonds. The molecule has 0 saturated heterocycles. The minimum absolute atomic E-state index is 0.0551. The van der Waals surface area contributed by atoms with Crippen molar-refractivity contribution in [3.8, 4) is 34.7 Å². The third-order valence-electron chi connectivity index (χ3n) is 4.75. The number of aromatic nitrogens is 2. The standard InChI is InChI=1S/C21H18N4O3/c1-26-14-8-6-12(7-9-14)17-16(11-22)20(23)28-21-18(17)19(24-25-21)13-4-3-5-15(10-13)27-2/h3-10,17H,23H2,1-2H3,(H,24,25). The number of H-pyrrole nitrogens is 1. The van der Waals surface area contributed by atoms with E-state index in [1.165, 1.54) is 0 Å². The molecule has 1 aliphatic rings. The Morgan fingerprint density at radius 3 is 2.54 bits per heavy atom. The van der Waals surface area contributed by atoms with E-state index in [4.69, 9.17) is 19.9 Å². The molecule has 28 heavy (non-hydrogen) atoms. The maximum absolute atomic E-state index is 9.76. The molecule has 0 saturated carbocycles. The zero-order valence-corrected chi connectivity index (χ0v) is 15.4. The minimum atomic E-state index is -0.417. The number of fused-ring (bicyclic) bond motifs is 1. The second-order valence-corrected chi connectivity index (χ2v) is 6.25. The van der Waals surface area contributed by atoms with Crippen LogP contribution in [0, 0.1) is 11.3 Å². The van der Waals surface area contributed by atoms with Gasteiger partial charge in [0.2, 0.25) is 11.8 Å². The third-order valence-corrected chi connectivity index (χ3v) is 4.75. The lowest BCUT2D eigenvalue weighted by molar-refractivity contribution is 0.379. The predicted octanol–water partition coefficient (Wildman–Crippen LogP) is 3.31. The topological polar surface area (TPSA) is 106 Å². The second kappa shape index (κ2) is 7.00. The summed E-state index contributed by atoms with van der Waals surface area (Å²) in [5.74, 6) is 1.44. The zero-order chi connectivity index (χ0) is 19.7. The SMILES string of the molecule is COc1ccc(C2C(C#N)=C(N)Oc3n[nH]c(-c4cccc(OC)c4)c32)cc1. The van der Waals surface area contributed by atoms with Crippen molar-refractivity contribution in [3.05, 3.63) is 71.1 Å². The minimum Gasteiger partial charge on any atom is -0.497 e. The number of hydrogen-bond donors (Lipinski definition) is 2. The fraction of sp³-hybridized carbons (Fsp3) is 0.143. The lowest BCUT2D eigenvalue weighted by atomic mass is 9.83. The number of allylic oxidation sites excluding steroid dienone is 1. The number of nitriles is 1. The Balaban J connectivity index is 1.91. The van der Waals surface area contributed by atoms with Gasteiger partial charge in [0.1, 0.15) is 23.1 Å². The van der Waals surface area contributed by atoms with Crippen molar-refractivity contribution in [2.45, 2.75) is 5.92 Å². The molecular weight excluding hydrogens is 356 g/mol. The molecule has 2 aromatic carbocycles. The van der Waals surface area contributed by atoms with Gasteiger partial charge in [0.25, 0.3) is 0 Å². The molecule has 4 rings (SSSR count). The fourth-order valence-corrected chi connectivity index (χ4v) is 3.37. The van der Waals surface area contributed by atoms with Gasteiger partial charge in [0.05, 0.1) is 31.4 Å². The number of nitrogens with one attached hydrogen (secondary N) is 1. The maximum Gasteiger partial charge on any atom is 0.244 e. The van der Waals surface area contributed by atoms with Gasteiger partial charge < -0.3 is 19.9 Å². The monoisotopic (exact) mass is 374 g/mol. The Kier molecular flexibility index (Phi) is 4.38. The molecule has 0 aliphatic carbocycles. The highest BCUT2D eigenvalue weighted by Crippen LogP contribution is 2.46. The van der Waals surface area contributed by atoms with Gasteiger partial charge in [-0.05, 0) is 29.8 Å². The zero-order valence-electron chi connectivity index (χ0n) is 15.4. The van der Waals surface area contributed by atoms with E-state index in [1.54, 1.807) is 14.2 Å².